The van der Waals surface area contributed by atoms with Crippen LogP contribution in [0, 0.1) is 40.9 Å². The zero-order chi connectivity index (χ0) is 15.7. The molecule has 8 unspecified atom stereocenters. The van der Waals surface area contributed by atoms with Gasteiger partial charge >= 0.3 is 0 Å². The Morgan fingerprint density at radius 1 is 1.00 bits per heavy atom. The van der Waals surface area contributed by atoms with Gasteiger partial charge in [-0.05, 0) is 87.4 Å². The van der Waals surface area contributed by atoms with Crippen LogP contribution in [0.2, 0.25) is 0 Å². The minimum atomic E-state index is -0.436. The molecule has 0 radical (unpaired) electrons. The molecule has 0 saturated heterocycles. The molecule has 8 atom stereocenters. The van der Waals surface area contributed by atoms with Crippen LogP contribution in [-0.2, 0) is 4.79 Å². The molecule has 0 aromatic heterocycles. The first kappa shape index (κ1) is 15.2. The minimum absolute atomic E-state index is 0.00782. The van der Waals surface area contributed by atoms with Crippen molar-refractivity contribution < 1.29 is 9.90 Å². The molecule has 0 aromatic carbocycles. The molecule has 0 aliphatic heterocycles. The Labute approximate surface area is 135 Å². The molecule has 1 N–H and O–H groups in total. The second-order valence-corrected chi connectivity index (χ2v) is 9.63. The molecule has 4 aliphatic rings. The molecular weight excluding hydrogens is 272 g/mol. The SMILES string of the molecule is CC1CC2C(CCC3(C)C(=O)CCC23)C2CCC(C)(O)CC12. The summed E-state index contributed by atoms with van der Waals surface area (Å²) in [7, 11) is 0. The van der Waals surface area contributed by atoms with Gasteiger partial charge in [-0.2, -0.15) is 0 Å². The highest BCUT2D eigenvalue weighted by Crippen LogP contribution is 2.62. The van der Waals surface area contributed by atoms with E-state index in [1.807, 2.05) is 6.92 Å². The summed E-state index contributed by atoms with van der Waals surface area (Å²) in [5.74, 6) is 5.07. The van der Waals surface area contributed by atoms with Gasteiger partial charge in [-0.3, -0.25) is 4.79 Å². The normalized spacial score (nSPS) is 57.9. The highest BCUT2D eigenvalue weighted by Gasteiger charge is 2.58. The number of ketones is 1. The second kappa shape index (κ2) is 4.82. The van der Waals surface area contributed by atoms with Crippen molar-refractivity contribution in [1.82, 2.24) is 0 Å². The van der Waals surface area contributed by atoms with Gasteiger partial charge in [0.1, 0.15) is 5.78 Å². The first-order valence-corrected chi connectivity index (χ1v) is 9.57. The number of hydrogen-bond donors (Lipinski definition) is 1. The van der Waals surface area contributed by atoms with E-state index in [2.05, 4.69) is 13.8 Å². The van der Waals surface area contributed by atoms with Crippen LogP contribution in [0.5, 0.6) is 0 Å². The first-order valence-electron chi connectivity index (χ1n) is 9.57. The van der Waals surface area contributed by atoms with Gasteiger partial charge < -0.3 is 5.11 Å². The van der Waals surface area contributed by atoms with Gasteiger partial charge in [-0.1, -0.05) is 13.8 Å². The van der Waals surface area contributed by atoms with E-state index in [1.54, 1.807) is 0 Å². The predicted molar refractivity (Wildman–Crippen MR) is 87.3 cm³/mol. The topological polar surface area (TPSA) is 37.3 Å². The maximum absolute atomic E-state index is 12.4. The molecule has 0 amide bonds. The van der Waals surface area contributed by atoms with E-state index >= 15 is 0 Å². The molecule has 2 nitrogen and oxygen atoms in total. The standard InChI is InChI=1S/C20H32O2/c1-12-10-15-13(14-6-8-19(2,22)11-16(12)14)7-9-20(3)17(15)4-5-18(20)21/h12-17,22H,4-11H2,1-3H3. The van der Waals surface area contributed by atoms with Crippen molar-refractivity contribution >= 4 is 5.78 Å². The van der Waals surface area contributed by atoms with Crippen molar-refractivity contribution in [2.24, 2.45) is 40.9 Å². The maximum atomic E-state index is 12.4. The van der Waals surface area contributed by atoms with E-state index in [9.17, 15) is 9.90 Å². The van der Waals surface area contributed by atoms with Crippen LogP contribution in [0.15, 0.2) is 0 Å². The molecule has 4 rings (SSSR count). The Morgan fingerprint density at radius 3 is 2.45 bits per heavy atom. The van der Waals surface area contributed by atoms with Crippen LogP contribution in [0.4, 0.5) is 0 Å². The van der Waals surface area contributed by atoms with E-state index in [4.69, 9.17) is 0 Å². The van der Waals surface area contributed by atoms with Crippen LogP contribution < -0.4 is 0 Å². The van der Waals surface area contributed by atoms with Crippen molar-refractivity contribution in [3.63, 3.8) is 0 Å². The largest absolute Gasteiger partial charge is 0.390 e. The first-order chi connectivity index (χ1) is 10.3. The summed E-state index contributed by atoms with van der Waals surface area (Å²) in [5, 5.41) is 10.5. The molecule has 2 heteroatoms. The lowest BCUT2D eigenvalue weighted by Gasteiger charge is -2.57. The summed E-state index contributed by atoms with van der Waals surface area (Å²) < 4.78 is 0. The van der Waals surface area contributed by atoms with Crippen LogP contribution in [0.3, 0.4) is 0 Å². The quantitative estimate of drug-likeness (QED) is 0.728. The van der Waals surface area contributed by atoms with Gasteiger partial charge in [-0.15, -0.1) is 0 Å². The second-order valence-electron chi connectivity index (χ2n) is 9.63. The molecule has 22 heavy (non-hydrogen) atoms. The highest BCUT2D eigenvalue weighted by atomic mass is 16.3. The summed E-state index contributed by atoms with van der Waals surface area (Å²) in [4.78, 5) is 12.4. The Morgan fingerprint density at radius 2 is 1.68 bits per heavy atom. The van der Waals surface area contributed by atoms with Crippen LogP contribution >= 0.6 is 0 Å². The fraction of sp³-hybridized carbons (Fsp3) is 0.950. The molecule has 0 spiro atoms. The van der Waals surface area contributed by atoms with E-state index < -0.39 is 5.60 Å². The summed E-state index contributed by atoms with van der Waals surface area (Å²) in [6.07, 6.45) is 8.87. The van der Waals surface area contributed by atoms with E-state index in [0.717, 1.165) is 55.8 Å². The van der Waals surface area contributed by atoms with E-state index in [-0.39, 0.29) is 5.41 Å². The number of carbonyl (C=O) groups is 1. The van der Waals surface area contributed by atoms with Crippen molar-refractivity contribution in [1.29, 1.82) is 0 Å². The third-order valence-corrected chi connectivity index (χ3v) is 8.37. The Bertz CT molecular complexity index is 482. The van der Waals surface area contributed by atoms with Gasteiger partial charge in [0, 0.05) is 11.8 Å². The monoisotopic (exact) mass is 304 g/mol. The van der Waals surface area contributed by atoms with Crippen molar-refractivity contribution in [2.45, 2.75) is 77.7 Å². The van der Waals surface area contributed by atoms with Gasteiger partial charge in [0.05, 0.1) is 5.60 Å². The lowest BCUT2D eigenvalue weighted by atomic mass is 9.48. The molecule has 4 aliphatic carbocycles. The Kier molecular flexibility index (Phi) is 3.32. The van der Waals surface area contributed by atoms with Crippen molar-refractivity contribution in [2.75, 3.05) is 0 Å². The molecular formula is C20H32O2. The third kappa shape index (κ3) is 2.05. The minimum Gasteiger partial charge on any atom is -0.390 e. The lowest BCUT2D eigenvalue weighted by molar-refractivity contribution is -0.138. The number of rotatable bonds is 0. The Hall–Kier alpha value is -0.370. The van der Waals surface area contributed by atoms with E-state index in [1.165, 1.54) is 19.3 Å². The van der Waals surface area contributed by atoms with Gasteiger partial charge in [-0.25, -0.2) is 0 Å². The molecule has 0 bridgehead atoms. The fourth-order valence-electron chi connectivity index (χ4n) is 7.17. The molecule has 124 valence electrons. The molecule has 0 aromatic rings. The van der Waals surface area contributed by atoms with Crippen molar-refractivity contribution in [3.8, 4) is 0 Å². The third-order valence-electron chi connectivity index (χ3n) is 8.37. The predicted octanol–water partition coefficient (Wildman–Crippen LogP) is 4.21. The maximum Gasteiger partial charge on any atom is 0.139 e. The zero-order valence-corrected chi connectivity index (χ0v) is 14.5. The molecule has 0 heterocycles. The zero-order valence-electron chi connectivity index (χ0n) is 14.5. The van der Waals surface area contributed by atoms with Crippen LogP contribution in [-0.4, -0.2) is 16.5 Å². The number of Topliss-reactive ketones (excluding diaryl/α,β-unsaturated/α-hetero) is 1. The van der Waals surface area contributed by atoms with Gasteiger partial charge in [0.15, 0.2) is 0 Å². The number of fused-ring (bicyclic) bond motifs is 5. The molecule has 4 fully saturated rings. The lowest BCUT2D eigenvalue weighted by Crippen LogP contribution is -2.52. The van der Waals surface area contributed by atoms with Gasteiger partial charge in [0.2, 0.25) is 0 Å². The number of carbonyl (C=O) groups excluding carboxylic acids is 1. The highest BCUT2D eigenvalue weighted by molar-refractivity contribution is 5.87. The summed E-state index contributed by atoms with van der Waals surface area (Å²) in [6, 6.07) is 0. The van der Waals surface area contributed by atoms with Crippen LogP contribution in [0.1, 0.15) is 72.1 Å². The number of hydrogen-bond acceptors (Lipinski definition) is 2. The van der Waals surface area contributed by atoms with Gasteiger partial charge in [0.25, 0.3) is 0 Å². The number of aliphatic hydroxyl groups is 1. The fourth-order valence-corrected chi connectivity index (χ4v) is 7.17. The average molecular weight is 304 g/mol. The smallest absolute Gasteiger partial charge is 0.139 e. The Balaban J connectivity index is 1.61. The molecule has 4 saturated carbocycles. The van der Waals surface area contributed by atoms with Crippen molar-refractivity contribution in [3.05, 3.63) is 0 Å². The summed E-state index contributed by atoms with van der Waals surface area (Å²) in [6.45, 7) is 6.72. The summed E-state index contributed by atoms with van der Waals surface area (Å²) in [5.41, 5.74) is -0.428. The van der Waals surface area contributed by atoms with E-state index in [0.29, 0.717) is 17.6 Å². The summed E-state index contributed by atoms with van der Waals surface area (Å²) >= 11 is 0. The average Bonchev–Trinajstić information content (AvgIpc) is 2.75. The van der Waals surface area contributed by atoms with Crippen LogP contribution in [0.25, 0.3) is 0 Å².